The average Bonchev–Trinajstić information content (AvgIpc) is 2.73. The number of carbonyl (C=O) groups is 1. The van der Waals surface area contributed by atoms with Crippen LogP contribution in [-0.2, 0) is 13.0 Å². The number of urea groups is 1. The van der Waals surface area contributed by atoms with Gasteiger partial charge < -0.3 is 21.7 Å². The molecule has 6 N–H and O–H groups in total. The number of carbonyl (C=O) groups excluding carboxylic acids is 1. The third kappa shape index (κ3) is 5.35. The fraction of sp³-hybridized carbons (Fsp3) is 0.278. The number of hydrogen-bond donors (Lipinski definition) is 4. The number of fused-ring (bicyclic) bond motifs is 1. The van der Waals surface area contributed by atoms with Crippen LogP contribution < -0.4 is 22.1 Å². The van der Waals surface area contributed by atoms with E-state index in [1.165, 1.54) is 6.34 Å². The van der Waals surface area contributed by atoms with Crippen molar-refractivity contribution in [1.29, 1.82) is 0 Å². The van der Waals surface area contributed by atoms with Crippen LogP contribution in [0.1, 0.15) is 23.0 Å². The quantitative estimate of drug-likeness (QED) is 0.318. The fourth-order valence-electron chi connectivity index (χ4n) is 2.82. The molecule has 2 aromatic rings. The maximum absolute atomic E-state index is 12.7. The van der Waals surface area contributed by atoms with Gasteiger partial charge in [0.25, 0.3) is 0 Å². The number of rotatable bonds is 4. The third-order valence-electron chi connectivity index (χ3n) is 4.37. The van der Waals surface area contributed by atoms with Crippen molar-refractivity contribution < 1.29 is 4.79 Å². The van der Waals surface area contributed by atoms with E-state index in [1.807, 2.05) is 0 Å². The highest BCUT2D eigenvalue weighted by Crippen LogP contribution is 2.24. The van der Waals surface area contributed by atoms with Crippen molar-refractivity contribution in [2.24, 2.45) is 21.5 Å². The summed E-state index contributed by atoms with van der Waals surface area (Å²) >= 11 is 11.9. The average molecular weight is 450 g/mol. The number of aliphatic imine (C=N–C) groups is 2. The van der Waals surface area contributed by atoms with Crippen LogP contribution >= 0.6 is 23.2 Å². The Morgan fingerprint density at radius 3 is 2.90 bits per heavy atom. The number of amides is 2. The molecule has 2 amide bonds. The highest BCUT2D eigenvalue weighted by molar-refractivity contribution is 6.42. The van der Waals surface area contributed by atoms with Crippen molar-refractivity contribution in [3.63, 3.8) is 0 Å². The van der Waals surface area contributed by atoms with Gasteiger partial charge in [-0.25, -0.2) is 19.8 Å². The van der Waals surface area contributed by atoms with Crippen LogP contribution in [0, 0.1) is 0 Å². The number of nitrogens with zero attached hydrogens (tertiary/aromatic N) is 5. The van der Waals surface area contributed by atoms with Gasteiger partial charge in [0, 0.05) is 19.8 Å². The molecule has 0 fully saturated rings. The lowest BCUT2D eigenvalue weighted by Gasteiger charge is -2.29. The molecule has 0 radical (unpaired) electrons. The van der Waals surface area contributed by atoms with Gasteiger partial charge in [0.15, 0.2) is 0 Å². The summed E-state index contributed by atoms with van der Waals surface area (Å²) in [6.45, 7) is 0.819. The van der Waals surface area contributed by atoms with E-state index in [4.69, 9.17) is 34.7 Å². The molecule has 1 aromatic carbocycles. The second-order valence-corrected chi connectivity index (χ2v) is 7.27. The number of guanidine groups is 1. The maximum atomic E-state index is 12.7. The van der Waals surface area contributed by atoms with E-state index < -0.39 is 6.17 Å². The molecule has 1 aliphatic rings. The summed E-state index contributed by atoms with van der Waals surface area (Å²) in [7, 11) is 1.58. The molecule has 0 saturated heterocycles. The van der Waals surface area contributed by atoms with Gasteiger partial charge in [-0.15, -0.1) is 0 Å². The number of nitrogens with two attached hydrogens (primary N) is 2. The maximum Gasteiger partial charge on any atom is 0.319 e. The first kappa shape index (κ1) is 21.8. The second kappa shape index (κ2) is 9.70. The number of hydrogen-bond acceptors (Lipinski definition) is 5. The molecule has 0 bridgehead atoms. The van der Waals surface area contributed by atoms with Crippen molar-refractivity contribution in [2.75, 3.05) is 18.9 Å². The van der Waals surface area contributed by atoms with E-state index >= 15 is 0 Å². The monoisotopic (exact) mass is 449 g/mol. The molecular formula is C18H21Cl2N9O. The largest absolute Gasteiger partial charge is 0.369 e. The smallest absolute Gasteiger partial charge is 0.319 e. The number of nitrogens with one attached hydrogen (secondary N) is 2. The zero-order valence-corrected chi connectivity index (χ0v) is 17.7. The molecule has 2 heterocycles. The summed E-state index contributed by atoms with van der Waals surface area (Å²) in [5.74, 6) is 0.396. The minimum atomic E-state index is -0.729. The second-order valence-electron chi connectivity index (χ2n) is 6.45. The first-order valence-electron chi connectivity index (χ1n) is 8.99. The Bertz CT molecular complexity index is 996. The predicted molar refractivity (Wildman–Crippen MR) is 118 cm³/mol. The Morgan fingerprint density at radius 2 is 2.17 bits per heavy atom. The first-order chi connectivity index (χ1) is 14.4. The normalized spacial score (nSPS) is 15.1. The van der Waals surface area contributed by atoms with Gasteiger partial charge in [0.1, 0.15) is 12.5 Å². The molecule has 1 atom stereocenters. The Kier molecular flexibility index (Phi) is 7.03. The Labute approximate surface area is 183 Å². The lowest BCUT2D eigenvalue weighted by atomic mass is 10.1. The van der Waals surface area contributed by atoms with Crippen LogP contribution in [0.3, 0.4) is 0 Å². The molecular weight excluding hydrogens is 429 g/mol. The van der Waals surface area contributed by atoms with Gasteiger partial charge in [-0.05, 0) is 29.7 Å². The summed E-state index contributed by atoms with van der Waals surface area (Å²) in [6, 6.07) is 4.66. The van der Waals surface area contributed by atoms with Crippen LogP contribution in [0.15, 0.2) is 34.4 Å². The molecule has 158 valence electrons. The van der Waals surface area contributed by atoms with Gasteiger partial charge in [0.2, 0.25) is 11.9 Å². The number of anilines is 1. The van der Waals surface area contributed by atoms with Crippen LogP contribution in [0.5, 0.6) is 0 Å². The van der Waals surface area contributed by atoms with Crippen molar-refractivity contribution in [3.8, 4) is 0 Å². The van der Waals surface area contributed by atoms with E-state index in [2.05, 4.69) is 30.6 Å². The van der Waals surface area contributed by atoms with Crippen LogP contribution in [0.4, 0.5) is 10.7 Å². The van der Waals surface area contributed by atoms with Crippen molar-refractivity contribution in [1.82, 2.24) is 20.2 Å². The molecule has 0 saturated carbocycles. The van der Waals surface area contributed by atoms with Gasteiger partial charge in [-0.3, -0.25) is 10.3 Å². The summed E-state index contributed by atoms with van der Waals surface area (Å²) in [5, 5.41) is 6.34. The standard InChI is InChI=1S/C18H21Cl2N9O/c1-23-9-25-16(22)28-17-24-7-11-4-5-29(8-14(11)26-17)18(30)27-15(21)10-2-3-12(19)13(20)6-10/h2-3,6-7,9,15H,4-5,8,21H2,1H3,(H,27,30)(H3,22,23,24,25,26,28). The molecule has 10 nitrogen and oxygen atoms in total. The molecule has 30 heavy (non-hydrogen) atoms. The minimum absolute atomic E-state index is 0.110. The van der Waals surface area contributed by atoms with E-state index in [-0.39, 0.29) is 17.9 Å². The number of benzene rings is 1. The number of aromatic nitrogens is 2. The van der Waals surface area contributed by atoms with Crippen molar-refractivity contribution >= 4 is 47.5 Å². The van der Waals surface area contributed by atoms with E-state index in [0.29, 0.717) is 40.8 Å². The Balaban J connectivity index is 1.66. The van der Waals surface area contributed by atoms with E-state index in [9.17, 15) is 4.79 Å². The highest BCUT2D eigenvalue weighted by Gasteiger charge is 2.24. The summed E-state index contributed by atoms with van der Waals surface area (Å²) in [5.41, 5.74) is 14.2. The van der Waals surface area contributed by atoms with Crippen LogP contribution in [0.25, 0.3) is 0 Å². The molecule has 0 spiro atoms. The van der Waals surface area contributed by atoms with Crippen LogP contribution in [-0.4, -0.2) is 46.8 Å². The summed E-state index contributed by atoms with van der Waals surface area (Å²) in [4.78, 5) is 30.6. The lowest BCUT2D eigenvalue weighted by molar-refractivity contribution is 0.187. The van der Waals surface area contributed by atoms with Gasteiger partial charge in [-0.2, -0.15) is 0 Å². The zero-order valence-electron chi connectivity index (χ0n) is 16.1. The van der Waals surface area contributed by atoms with E-state index in [1.54, 1.807) is 36.3 Å². The topological polar surface area (TPSA) is 147 Å². The van der Waals surface area contributed by atoms with Crippen molar-refractivity contribution in [2.45, 2.75) is 19.1 Å². The first-order valence-corrected chi connectivity index (χ1v) is 9.74. The zero-order chi connectivity index (χ0) is 21.7. The van der Waals surface area contributed by atoms with Crippen molar-refractivity contribution in [3.05, 3.63) is 51.3 Å². The molecule has 1 unspecified atom stereocenters. The van der Waals surface area contributed by atoms with Gasteiger partial charge in [-0.1, -0.05) is 29.3 Å². The van der Waals surface area contributed by atoms with E-state index in [0.717, 1.165) is 5.56 Å². The molecule has 3 rings (SSSR count). The molecule has 1 aromatic heterocycles. The fourth-order valence-corrected chi connectivity index (χ4v) is 3.12. The SMILES string of the molecule is CN=CN=C(N)Nc1ncc2c(n1)CN(C(=O)NC(N)c1ccc(Cl)c(Cl)c1)CC2. The number of halogens is 2. The highest BCUT2D eigenvalue weighted by atomic mass is 35.5. The Morgan fingerprint density at radius 1 is 1.37 bits per heavy atom. The third-order valence-corrected chi connectivity index (χ3v) is 5.11. The van der Waals surface area contributed by atoms with Gasteiger partial charge >= 0.3 is 6.03 Å². The van der Waals surface area contributed by atoms with Gasteiger partial charge in [0.05, 0.1) is 22.3 Å². The minimum Gasteiger partial charge on any atom is -0.369 e. The molecule has 1 aliphatic heterocycles. The predicted octanol–water partition coefficient (Wildman–Crippen LogP) is 1.89. The summed E-state index contributed by atoms with van der Waals surface area (Å²) < 4.78 is 0. The summed E-state index contributed by atoms with van der Waals surface area (Å²) in [6.07, 6.45) is 2.91. The molecule has 12 heteroatoms. The molecule has 0 aliphatic carbocycles. The van der Waals surface area contributed by atoms with Crippen LogP contribution in [0.2, 0.25) is 10.0 Å². The lowest BCUT2D eigenvalue weighted by Crippen LogP contribution is -2.46. The Hall–Kier alpha value is -2.95.